The smallest absolute Gasteiger partial charge is 0.338 e. The van der Waals surface area contributed by atoms with Gasteiger partial charge in [0.1, 0.15) is 11.5 Å². The summed E-state index contributed by atoms with van der Waals surface area (Å²) in [6.45, 7) is 0. The van der Waals surface area contributed by atoms with Crippen LogP contribution in [0.3, 0.4) is 0 Å². The van der Waals surface area contributed by atoms with Crippen molar-refractivity contribution in [2.24, 2.45) is 0 Å². The first-order valence-electron chi connectivity index (χ1n) is 4.32. The summed E-state index contributed by atoms with van der Waals surface area (Å²) in [6.07, 6.45) is 3.09. The van der Waals surface area contributed by atoms with Gasteiger partial charge in [0.15, 0.2) is 0 Å². The topological polar surface area (TPSA) is 55.1 Å². The summed E-state index contributed by atoms with van der Waals surface area (Å²) in [5.41, 5.74) is -0.155. The monoisotopic (exact) mass is 332 g/mol. The van der Waals surface area contributed by atoms with Crippen molar-refractivity contribution in [1.29, 1.82) is 0 Å². The third-order valence-electron chi connectivity index (χ3n) is 2.00. The fourth-order valence-corrected chi connectivity index (χ4v) is 1.73. The van der Waals surface area contributed by atoms with Crippen LogP contribution in [0.5, 0.6) is 0 Å². The third kappa shape index (κ3) is 1.92. The van der Waals surface area contributed by atoms with E-state index < -0.39 is 11.8 Å². The van der Waals surface area contributed by atoms with Crippen molar-refractivity contribution >= 4 is 28.6 Å². The van der Waals surface area contributed by atoms with Crippen molar-refractivity contribution in [3.8, 4) is 5.69 Å². The minimum Gasteiger partial charge on any atom is -0.478 e. The molecule has 0 radical (unpaired) electrons. The van der Waals surface area contributed by atoms with Gasteiger partial charge in [0.05, 0.1) is 15.3 Å². The quantitative estimate of drug-likeness (QED) is 0.859. The number of carbonyl (C=O) groups is 1. The molecule has 0 aliphatic heterocycles. The molecule has 0 bridgehead atoms. The molecule has 0 spiro atoms. The maximum atomic E-state index is 13.6. The first kappa shape index (κ1) is 11.1. The number of hydrogen-bond donors (Lipinski definition) is 1. The van der Waals surface area contributed by atoms with E-state index in [1.165, 1.54) is 29.1 Å². The molecule has 0 atom stereocenters. The Bertz CT molecular complexity index is 554. The number of carboxylic acids is 1. The van der Waals surface area contributed by atoms with E-state index in [1.54, 1.807) is 6.20 Å². The number of rotatable bonds is 2. The van der Waals surface area contributed by atoms with Gasteiger partial charge in [0.25, 0.3) is 0 Å². The zero-order valence-electron chi connectivity index (χ0n) is 7.89. The number of para-hydroxylation sites is 1. The molecule has 82 valence electrons. The van der Waals surface area contributed by atoms with Gasteiger partial charge < -0.3 is 5.11 Å². The highest BCUT2D eigenvalue weighted by atomic mass is 127. The lowest BCUT2D eigenvalue weighted by Gasteiger charge is -2.06. The van der Waals surface area contributed by atoms with Gasteiger partial charge in [-0.15, -0.1) is 0 Å². The zero-order chi connectivity index (χ0) is 11.7. The van der Waals surface area contributed by atoms with E-state index in [2.05, 4.69) is 5.10 Å². The van der Waals surface area contributed by atoms with Crippen LogP contribution in [0.1, 0.15) is 10.4 Å². The second kappa shape index (κ2) is 4.20. The van der Waals surface area contributed by atoms with Crippen molar-refractivity contribution in [2.75, 3.05) is 0 Å². The van der Waals surface area contributed by atoms with Crippen molar-refractivity contribution in [1.82, 2.24) is 9.78 Å². The third-order valence-corrected chi connectivity index (χ3v) is 2.55. The maximum absolute atomic E-state index is 13.6. The predicted octanol–water partition coefficient (Wildman–Crippen LogP) is 2.31. The van der Waals surface area contributed by atoms with E-state index in [-0.39, 0.29) is 11.3 Å². The minimum absolute atomic E-state index is 0.0436. The van der Waals surface area contributed by atoms with E-state index in [0.717, 1.165) is 3.57 Å². The highest BCUT2D eigenvalue weighted by Gasteiger charge is 2.16. The molecule has 0 saturated heterocycles. The molecular formula is C10H6FIN2O2. The van der Waals surface area contributed by atoms with Crippen LogP contribution in [0.15, 0.2) is 30.6 Å². The van der Waals surface area contributed by atoms with Gasteiger partial charge in [-0.3, -0.25) is 0 Å². The molecule has 0 saturated carbocycles. The number of aromatic nitrogens is 2. The first-order valence-corrected chi connectivity index (χ1v) is 5.40. The lowest BCUT2D eigenvalue weighted by molar-refractivity contribution is 0.0696. The van der Waals surface area contributed by atoms with Gasteiger partial charge in [0.2, 0.25) is 0 Å². The molecule has 0 amide bonds. The molecule has 1 aromatic carbocycles. The number of hydrogen-bond acceptors (Lipinski definition) is 2. The van der Waals surface area contributed by atoms with Crippen LogP contribution in [0.25, 0.3) is 5.69 Å². The van der Waals surface area contributed by atoms with Gasteiger partial charge in [-0.05, 0) is 34.7 Å². The molecule has 0 unspecified atom stereocenters. The van der Waals surface area contributed by atoms with Crippen molar-refractivity contribution in [3.63, 3.8) is 0 Å². The summed E-state index contributed by atoms with van der Waals surface area (Å²) in [5, 5.41) is 12.8. The zero-order valence-corrected chi connectivity index (χ0v) is 10.1. The standard InChI is InChI=1S/C10H6FIN2O2/c11-8-3-1-2-7(10(15)16)9(8)14-5-6(12)4-13-14/h1-5H,(H,15,16). The first-order chi connectivity index (χ1) is 7.59. The van der Waals surface area contributed by atoms with Crippen LogP contribution in [-0.4, -0.2) is 20.9 Å². The number of benzene rings is 1. The Morgan fingerprint density at radius 3 is 2.81 bits per heavy atom. The summed E-state index contributed by atoms with van der Waals surface area (Å²) < 4.78 is 15.6. The molecule has 1 N–H and O–H groups in total. The average Bonchev–Trinajstić information content (AvgIpc) is 2.64. The van der Waals surface area contributed by atoms with Crippen LogP contribution < -0.4 is 0 Å². The highest BCUT2D eigenvalue weighted by molar-refractivity contribution is 14.1. The van der Waals surface area contributed by atoms with Crippen molar-refractivity contribution < 1.29 is 14.3 Å². The molecule has 1 aromatic heterocycles. The normalized spacial score (nSPS) is 10.4. The Hall–Kier alpha value is -1.44. The molecule has 2 rings (SSSR count). The largest absolute Gasteiger partial charge is 0.478 e. The Balaban J connectivity index is 2.67. The minimum atomic E-state index is -1.18. The van der Waals surface area contributed by atoms with E-state index in [4.69, 9.17) is 5.11 Å². The lowest BCUT2D eigenvalue weighted by atomic mass is 10.1. The Kier molecular flexibility index (Phi) is 2.90. The Morgan fingerprint density at radius 2 is 2.25 bits per heavy atom. The molecule has 2 aromatic rings. The van der Waals surface area contributed by atoms with Gasteiger partial charge in [-0.1, -0.05) is 6.07 Å². The number of halogens is 2. The molecule has 16 heavy (non-hydrogen) atoms. The van der Waals surface area contributed by atoms with Gasteiger partial charge in [0, 0.05) is 6.20 Å². The highest BCUT2D eigenvalue weighted by Crippen LogP contribution is 2.19. The van der Waals surface area contributed by atoms with Crippen LogP contribution >= 0.6 is 22.6 Å². The number of nitrogens with zero attached hydrogens (tertiary/aromatic N) is 2. The molecule has 0 aliphatic carbocycles. The summed E-state index contributed by atoms with van der Waals surface area (Å²) in [4.78, 5) is 10.9. The number of carboxylic acid groups (broad SMARTS) is 1. The van der Waals surface area contributed by atoms with E-state index in [9.17, 15) is 9.18 Å². The Morgan fingerprint density at radius 1 is 1.50 bits per heavy atom. The van der Waals surface area contributed by atoms with E-state index in [0.29, 0.717) is 0 Å². The van der Waals surface area contributed by atoms with E-state index >= 15 is 0 Å². The molecule has 0 aliphatic rings. The number of aromatic carboxylic acids is 1. The van der Waals surface area contributed by atoms with Crippen LogP contribution in [-0.2, 0) is 0 Å². The second-order valence-electron chi connectivity index (χ2n) is 3.04. The average molecular weight is 332 g/mol. The van der Waals surface area contributed by atoms with Crippen molar-refractivity contribution in [2.45, 2.75) is 0 Å². The SMILES string of the molecule is O=C(O)c1cccc(F)c1-n1cc(I)cn1. The molecule has 4 nitrogen and oxygen atoms in total. The molecule has 6 heteroatoms. The summed E-state index contributed by atoms with van der Waals surface area (Å²) in [6, 6.07) is 3.91. The van der Waals surface area contributed by atoms with Gasteiger partial charge in [-0.25, -0.2) is 13.9 Å². The van der Waals surface area contributed by atoms with Crippen LogP contribution in [0.2, 0.25) is 0 Å². The maximum Gasteiger partial charge on any atom is 0.338 e. The van der Waals surface area contributed by atoms with Crippen molar-refractivity contribution in [3.05, 3.63) is 45.5 Å². The summed E-state index contributed by atoms with van der Waals surface area (Å²) in [7, 11) is 0. The molecule has 0 fully saturated rings. The second-order valence-corrected chi connectivity index (χ2v) is 4.29. The Labute approximate surface area is 104 Å². The van der Waals surface area contributed by atoms with Crippen LogP contribution in [0.4, 0.5) is 4.39 Å². The fourth-order valence-electron chi connectivity index (χ4n) is 1.34. The van der Waals surface area contributed by atoms with Crippen LogP contribution in [0, 0.1) is 9.39 Å². The molecule has 1 heterocycles. The van der Waals surface area contributed by atoms with E-state index in [1.807, 2.05) is 22.6 Å². The fraction of sp³-hybridized carbons (Fsp3) is 0. The summed E-state index contributed by atoms with van der Waals surface area (Å²) >= 11 is 2.01. The van der Waals surface area contributed by atoms with Gasteiger partial charge >= 0.3 is 5.97 Å². The summed E-state index contributed by atoms with van der Waals surface area (Å²) in [5.74, 6) is -1.79. The van der Waals surface area contributed by atoms with Gasteiger partial charge in [-0.2, -0.15) is 5.10 Å². The lowest BCUT2D eigenvalue weighted by Crippen LogP contribution is -2.08. The molecular weight excluding hydrogens is 326 g/mol. The predicted molar refractivity (Wildman–Crippen MR) is 63.2 cm³/mol.